The van der Waals surface area contributed by atoms with Crippen LogP contribution in [0.2, 0.25) is 0 Å². The van der Waals surface area contributed by atoms with Crippen molar-refractivity contribution in [3.63, 3.8) is 0 Å². The predicted molar refractivity (Wildman–Crippen MR) is 91.1 cm³/mol. The molecule has 0 aliphatic rings. The van der Waals surface area contributed by atoms with Crippen LogP contribution < -0.4 is 9.47 Å². The van der Waals surface area contributed by atoms with Gasteiger partial charge >= 0.3 is 5.97 Å². The van der Waals surface area contributed by atoms with Crippen molar-refractivity contribution in [2.75, 3.05) is 7.11 Å². The van der Waals surface area contributed by atoms with Crippen LogP contribution in [0.5, 0.6) is 11.5 Å². The average molecular weight is 344 g/mol. The molecule has 0 spiro atoms. The lowest BCUT2D eigenvalue weighted by molar-refractivity contribution is -0.384. The van der Waals surface area contributed by atoms with Crippen molar-refractivity contribution in [2.24, 2.45) is 4.99 Å². The molecule has 2 rings (SSSR count). The van der Waals surface area contributed by atoms with Gasteiger partial charge in [-0.25, -0.2) is 4.79 Å². The van der Waals surface area contributed by atoms with Gasteiger partial charge in [0.1, 0.15) is 17.2 Å². The number of carbonyl (C=O) groups is 1. The molecule has 0 aromatic heterocycles. The van der Waals surface area contributed by atoms with Crippen molar-refractivity contribution < 1.29 is 24.3 Å². The molecule has 0 amide bonds. The van der Waals surface area contributed by atoms with Crippen molar-refractivity contribution in [2.45, 2.75) is 13.0 Å². The van der Waals surface area contributed by atoms with Gasteiger partial charge in [-0.15, -0.1) is 0 Å². The Morgan fingerprint density at radius 1 is 1.28 bits per heavy atom. The third kappa shape index (κ3) is 4.77. The number of carboxylic acid groups (broad SMARTS) is 1. The molecule has 8 heteroatoms. The molecular weight excluding hydrogens is 328 g/mol. The molecule has 2 aromatic rings. The molecule has 0 saturated carbocycles. The Bertz CT molecular complexity index is 801. The van der Waals surface area contributed by atoms with Crippen molar-refractivity contribution in [3.05, 3.63) is 58.1 Å². The van der Waals surface area contributed by atoms with Crippen LogP contribution in [-0.2, 0) is 4.79 Å². The van der Waals surface area contributed by atoms with Crippen LogP contribution in [0.4, 0.5) is 11.4 Å². The SMILES string of the molecule is COc1ccc([N+](=O)[O-])cc1N=Cc1ccc(O[C@@H](C)C(=O)O)cc1. The van der Waals surface area contributed by atoms with E-state index in [2.05, 4.69) is 4.99 Å². The fourth-order valence-corrected chi connectivity index (χ4v) is 1.92. The van der Waals surface area contributed by atoms with E-state index in [9.17, 15) is 14.9 Å². The number of carboxylic acids is 1. The standard InChI is InChI=1S/C17H16N2O6/c1-11(17(20)21)25-14-6-3-12(4-7-14)10-18-15-9-13(19(22)23)5-8-16(15)24-2/h3-11H,1-2H3,(H,20,21)/t11-/m0/s1. The van der Waals surface area contributed by atoms with Gasteiger partial charge < -0.3 is 14.6 Å². The average Bonchev–Trinajstić information content (AvgIpc) is 2.60. The van der Waals surface area contributed by atoms with E-state index in [1.54, 1.807) is 24.3 Å². The van der Waals surface area contributed by atoms with E-state index in [4.69, 9.17) is 14.6 Å². The molecule has 0 bridgehead atoms. The van der Waals surface area contributed by atoms with E-state index in [0.717, 1.165) is 0 Å². The lowest BCUT2D eigenvalue weighted by Crippen LogP contribution is -2.22. The summed E-state index contributed by atoms with van der Waals surface area (Å²) < 4.78 is 10.4. The number of rotatable bonds is 7. The fourth-order valence-electron chi connectivity index (χ4n) is 1.92. The Balaban J connectivity index is 2.17. The summed E-state index contributed by atoms with van der Waals surface area (Å²) in [6.45, 7) is 1.44. The second-order valence-electron chi connectivity index (χ2n) is 5.04. The highest BCUT2D eigenvalue weighted by Gasteiger charge is 2.12. The topological polar surface area (TPSA) is 111 Å². The number of ether oxygens (including phenoxy) is 2. The zero-order chi connectivity index (χ0) is 18.4. The molecule has 130 valence electrons. The molecule has 0 radical (unpaired) electrons. The van der Waals surface area contributed by atoms with Gasteiger partial charge in [0.25, 0.3) is 5.69 Å². The Kier molecular flexibility index (Phi) is 5.67. The second kappa shape index (κ2) is 7.91. The lowest BCUT2D eigenvalue weighted by Gasteiger charge is -2.10. The fraction of sp³-hybridized carbons (Fsp3) is 0.176. The maximum atomic E-state index is 10.9. The maximum Gasteiger partial charge on any atom is 0.344 e. The summed E-state index contributed by atoms with van der Waals surface area (Å²) in [5, 5.41) is 19.7. The van der Waals surface area contributed by atoms with Gasteiger partial charge in [-0.1, -0.05) is 0 Å². The third-order valence-corrected chi connectivity index (χ3v) is 3.27. The molecule has 0 aliphatic heterocycles. The van der Waals surface area contributed by atoms with Gasteiger partial charge in [-0.05, 0) is 42.8 Å². The third-order valence-electron chi connectivity index (χ3n) is 3.27. The number of benzene rings is 2. The maximum absolute atomic E-state index is 10.9. The highest BCUT2D eigenvalue weighted by atomic mass is 16.6. The molecule has 0 heterocycles. The first-order chi connectivity index (χ1) is 11.9. The van der Waals surface area contributed by atoms with E-state index >= 15 is 0 Å². The van der Waals surface area contributed by atoms with Gasteiger partial charge in [0.2, 0.25) is 0 Å². The Morgan fingerprint density at radius 3 is 2.52 bits per heavy atom. The molecule has 0 fully saturated rings. The van der Waals surface area contributed by atoms with E-state index in [-0.39, 0.29) is 5.69 Å². The summed E-state index contributed by atoms with van der Waals surface area (Å²) >= 11 is 0. The number of hydrogen-bond donors (Lipinski definition) is 1. The number of aliphatic carboxylic acids is 1. The molecular formula is C17H16N2O6. The summed E-state index contributed by atoms with van der Waals surface area (Å²) in [5.41, 5.74) is 0.958. The number of hydrogen-bond acceptors (Lipinski definition) is 6. The zero-order valence-electron chi connectivity index (χ0n) is 13.6. The number of nitro groups is 1. The van der Waals surface area contributed by atoms with Gasteiger partial charge in [0.05, 0.1) is 12.0 Å². The quantitative estimate of drug-likeness (QED) is 0.469. The Morgan fingerprint density at radius 2 is 1.96 bits per heavy atom. The van der Waals surface area contributed by atoms with Crippen LogP contribution in [0.15, 0.2) is 47.5 Å². The minimum atomic E-state index is -1.05. The van der Waals surface area contributed by atoms with Crippen LogP contribution >= 0.6 is 0 Å². The Hall–Kier alpha value is -3.42. The summed E-state index contributed by atoms with van der Waals surface area (Å²) in [6.07, 6.45) is 0.569. The van der Waals surface area contributed by atoms with Gasteiger partial charge in [0, 0.05) is 18.3 Å². The minimum Gasteiger partial charge on any atom is -0.494 e. The van der Waals surface area contributed by atoms with E-state index in [1.807, 2.05) is 0 Å². The molecule has 8 nitrogen and oxygen atoms in total. The number of aliphatic imine (C=N–C) groups is 1. The molecule has 0 saturated heterocycles. The Labute approximate surface area is 143 Å². The number of non-ortho nitro benzene ring substituents is 1. The molecule has 1 N–H and O–H groups in total. The van der Waals surface area contributed by atoms with Crippen molar-refractivity contribution in [1.82, 2.24) is 0 Å². The molecule has 0 aliphatic carbocycles. The first-order valence-corrected chi connectivity index (χ1v) is 7.26. The summed E-state index contributed by atoms with van der Waals surface area (Å²) in [7, 11) is 1.45. The van der Waals surface area contributed by atoms with Crippen LogP contribution in [0.1, 0.15) is 12.5 Å². The van der Waals surface area contributed by atoms with Gasteiger partial charge in [-0.3, -0.25) is 15.1 Å². The highest BCUT2D eigenvalue weighted by Crippen LogP contribution is 2.31. The smallest absolute Gasteiger partial charge is 0.344 e. The van der Waals surface area contributed by atoms with Crippen LogP contribution in [0.25, 0.3) is 0 Å². The number of nitro benzene ring substituents is 1. The number of nitrogens with zero attached hydrogens (tertiary/aromatic N) is 2. The van der Waals surface area contributed by atoms with Crippen LogP contribution in [0, 0.1) is 10.1 Å². The van der Waals surface area contributed by atoms with Crippen molar-refractivity contribution >= 4 is 23.6 Å². The van der Waals surface area contributed by atoms with E-state index in [0.29, 0.717) is 22.7 Å². The second-order valence-corrected chi connectivity index (χ2v) is 5.04. The molecule has 0 unspecified atom stereocenters. The van der Waals surface area contributed by atoms with E-state index < -0.39 is 17.0 Å². The largest absolute Gasteiger partial charge is 0.494 e. The highest BCUT2D eigenvalue weighted by molar-refractivity contribution is 5.83. The van der Waals surface area contributed by atoms with E-state index in [1.165, 1.54) is 38.4 Å². The van der Waals surface area contributed by atoms with Crippen LogP contribution in [0.3, 0.4) is 0 Å². The van der Waals surface area contributed by atoms with Crippen molar-refractivity contribution in [1.29, 1.82) is 0 Å². The molecule has 25 heavy (non-hydrogen) atoms. The minimum absolute atomic E-state index is 0.0839. The monoisotopic (exact) mass is 344 g/mol. The predicted octanol–water partition coefficient (Wildman–Crippen LogP) is 3.21. The lowest BCUT2D eigenvalue weighted by atomic mass is 10.2. The van der Waals surface area contributed by atoms with Gasteiger partial charge in [-0.2, -0.15) is 0 Å². The normalized spacial score (nSPS) is 11.9. The van der Waals surface area contributed by atoms with Gasteiger partial charge in [0.15, 0.2) is 6.10 Å². The number of methoxy groups -OCH3 is 1. The summed E-state index contributed by atoms with van der Waals surface area (Å²) in [6, 6.07) is 10.8. The zero-order valence-corrected chi connectivity index (χ0v) is 13.6. The summed E-state index contributed by atoms with van der Waals surface area (Å²) in [5.74, 6) is -0.222. The molecule has 2 aromatic carbocycles. The first kappa shape index (κ1) is 17.9. The van der Waals surface area contributed by atoms with Crippen LogP contribution in [-0.4, -0.2) is 35.4 Å². The first-order valence-electron chi connectivity index (χ1n) is 7.26. The van der Waals surface area contributed by atoms with Crippen molar-refractivity contribution in [3.8, 4) is 11.5 Å². The summed E-state index contributed by atoms with van der Waals surface area (Å²) in [4.78, 5) is 25.3. The molecule has 1 atom stereocenters.